The monoisotopic (exact) mass is 343 g/mol. The number of aryl methyl sites for hydroxylation is 2. The van der Waals surface area contributed by atoms with Gasteiger partial charge in [-0.05, 0) is 48.7 Å². The van der Waals surface area contributed by atoms with Crippen molar-refractivity contribution in [1.82, 2.24) is 15.0 Å². The van der Waals surface area contributed by atoms with E-state index in [-0.39, 0.29) is 12.2 Å². The average molecular weight is 343 g/mol. The highest BCUT2D eigenvalue weighted by atomic mass is 32.2. The summed E-state index contributed by atoms with van der Waals surface area (Å²) in [6.07, 6.45) is 1.62. The molecule has 0 radical (unpaired) electrons. The molecule has 0 fully saturated rings. The molecule has 124 valence electrons. The Bertz CT molecular complexity index is 949. The predicted octanol–water partition coefficient (Wildman–Crippen LogP) is 2.51. The molecule has 0 aliphatic carbocycles. The number of hydrogen-bond acceptors (Lipinski definition) is 4. The third-order valence-corrected chi connectivity index (χ3v) is 5.02. The highest BCUT2D eigenvalue weighted by Gasteiger charge is 2.14. The van der Waals surface area contributed by atoms with Crippen LogP contribution in [0.25, 0.3) is 11.0 Å². The van der Waals surface area contributed by atoms with E-state index < -0.39 is 16.8 Å². The third kappa shape index (κ3) is 3.35. The molecule has 1 atom stereocenters. The van der Waals surface area contributed by atoms with E-state index in [1.54, 1.807) is 12.3 Å². The Balaban J connectivity index is 1.91. The minimum Gasteiger partial charge on any atom is -0.481 e. The van der Waals surface area contributed by atoms with E-state index in [1.807, 2.05) is 32.0 Å². The van der Waals surface area contributed by atoms with Crippen molar-refractivity contribution in [3.63, 3.8) is 0 Å². The standard InChI is InChI=1S/C17H17N3O3S/c1-10-4-3-5-18-15(10)9-24(23)17-19-13-6-11(2)12(8-16(21)22)7-14(13)20-17/h3-7H,8-9H2,1-2H3,(H,19,20)(H,21,22). The highest BCUT2D eigenvalue weighted by Crippen LogP contribution is 2.21. The number of aromatic amines is 1. The number of imidazole rings is 1. The SMILES string of the molecule is Cc1cc2[nH]c(S(=O)Cc3ncccc3C)nc2cc1CC(=O)O. The van der Waals surface area contributed by atoms with Crippen LogP contribution in [0.3, 0.4) is 0 Å². The average Bonchev–Trinajstić information content (AvgIpc) is 2.92. The molecule has 6 nitrogen and oxygen atoms in total. The number of carboxylic acid groups (broad SMARTS) is 1. The number of H-pyrrole nitrogens is 1. The third-order valence-electron chi connectivity index (χ3n) is 3.86. The minimum absolute atomic E-state index is 0.0554. The normalized spacial score (nSPS) is 12.4. The smallest absolute Gasteiger partial charge is 0.307 e. The van der Waals surface area contributed by atoms with E-state index in [0.717, 1.165) is 22.3 Å². The molecule has 0 saturated heterocycles. The van der Waals surface area contributed by atoms with Gasteiger partial charge in [-0.1, -0.05) is 6.07 Å². The first-order chi connectivity index (χ1) is 11.4. The molecule has 3 aromatic rings. The maximum atomic E-state index is 12.6. The zero-order valence-electron chi connectivity index (χ0n) is 13.4. The number of carboxylic acids is 1. The number of aliphatic carboxylic acids is 1. The second kappa shape index (κ2) is 6.52. The van der Waals surface area contributed by atoms with Crippen LogP contribution in [0.4, 0.5) is 0 Å². The predicted molar refractivity (Wildman–Crippen MR) is 91.3 cm³/mol. The summed E-state index contributed by atoms with van der Waals surface area (Å²) in [7, 11) is -1.35. The summed E-state index contributed by atoms with van der Waals surface area (Å²) in [6.45, 7) is 3.78. The van der Waals surface area contributed by atoms with Gasteiger partial charge in [0.1, 0.15) is 0 Å². The lowest BCUT2D eigenvalue weighted by molar-refractivity contribution is -0.136. The maximum Gasteiger partial charge on any atom is 0.307 e. The molecule has 2 N–H and O–H groups in total. The van der Waals surface area contributed by atoms with Crippen LogP contribution in [-0.4, -0.2) is 30.2 Å². The largest absolute Gasteiger partial charge is 0.481 e. The first-order valence-electron chi connectivity index (χ1n) is 7.44. The van der Waals surface area contributed by atoms with Crippen molar-refractivity contribution in [2.24, 2.45) is 0 Å². The minimum atomic E-state index is -1.35. The molecular weight excluding hydrogens is 326 g/mol. The fourth-order valence-electron chi connectivity index (χ4n) is 2.51. The number of aromatic nitrogens is 3. The Hall–Kier alpha value is -2.54. The molecule has 0 amide bonds. The second-order valence-corrected chi connectivity index (χ2v) is 7.03. The summed E-state index contributed by atoms with van der Waals surface area (Å²) in [5, 5.41) is 9.34. The summed E-state index contributed by atoms with van der Waals surface area (Å²) in [5.74, 6) is -0.601. The number of rotatable bonds is 5. The van der Waals surface area contributed by atoms with E-state index in [2.05, 4.69) is 15.0 Å². The molecule has 1 aromatic carbocycles. The van der Waals surface area contributed by atoms with Crippen molar-refractivity contribution in [2.75, 3.05) is 0 Å². The van der Waals surface area contributed by atoms with Gasteiger partial charge < -0.3 is 10.1 Å². The molecule has 2 heterocycles. The molecule has 3 rings (SSSR count). The number of benzene rings is 1. The van der Waals surface area contributed by atoms with Gasteiger partial charge in [0.15, 0.2) is 5.16 Å². The summed E-state index contributed by atoms with van der Waals surface area (Å²) in [4.78, 5) is 22.6. The maximum absolute atomic E-state index is 12.6. The van der Waals surface area contributed by atoms with Crippen LogP contribution in [0.1, 0.15) is 22.4 Å². The van der Waals surface area contributed by atoms with Crippen LogP contribution < -0.4 is 0 Å². The van der Waals surface area contributed by atoms with Crippen LogP contribution in [0, 0.1) is 13.8 Å². The first kappa shape index (κ1) is 16.3. The summed E-state index contributed by atoms with van der Waals surface area (Å²) < 4.78 is 12.6. The Morgan fingerprint density at radius 2 is 2.08 bits per heavy atom. The number of hydrogen-bond donors (Lipinski definition) is 2. The van der Waals surface area contributed by atoms with E-state index >= 15 is 0 Å². The lowest BCUT2D eigenvalue weighted by atomic mass is 10.1. The molecule has 0 aliphatic heterocycles. The topological polar surface area (TPSA) is 95.9 Å². The summed E-state index contributed by atoms with van der Waals surface area (Å²) in [6, 6.07) is 7.35. The molecule has 7 heteroatoms. The van der Waals surface area contributed by atoms with Gasteiger partial charge in [-0.2, -0.15) is 0 Å². The summed E-state index contributed by atoms with van der Waals surface area (Å²) in [5.41, 5.74) is 4.71. The zero-order valence-corrected chi connectivity index (χ0v) is 14.2. The van der Waals surface area contributed by atoms with Crippen molar-refractivity contribution in [2.45, 2.75) is 31.2 Å². The molecule has 0 saturated carbocycles. The Labute approximate surface area is 141 Å². The van der Waals surface area contributed by atoms with Crippen LogP contribution >= 0.6 is 0 Å². The highest BCUT2D eigenvalue weighted by molar-refractivity contribution is 7.84. The Morgan fingerprint density at radius 1 is 1.29 bits per heavy atom. The van der Waals surface area contributed by atoms with Crippen molar-refractivity contribution < 1.29 is 14.1 Å². The summed E-state index contributed by atoms with van der Waals surface area (Å²) >= 11 is 0. The fraction of sp³-hybridized carbons (Fsp3) is 0.235. The van der Waals surface area contributed by atoms with Gasteiger partial charge >= 0.3 is 5.97 Å². The lowest BCUT2D eigenvalue weighted by Gasteiger charge is -2.02. The fourth-order valence-corrected chi connectivity index (χ4v) is 3.62. The molecular formula is C17H17N3O3S. The molecule has 1 unspecified atom stereocenters. The van der Waals surface area contributed by atoms with Crippen molar-refractivity contribution in [1.29, 1.82) is 0 Å². The molecule has 24 heavy (non-hydrogen) atoms. The van der Waals surface area contributed by atoms with E-state index in [4.69, 9.17) is 5.11 Å². The van der Waals surface area contributed by atoms with Gasteiger partial charge in [0.25, 0.3) is 0 Å². The molecule has 0 spiro atoms. The Kier molecular flexibility index (Phi) is 4.44. The zero-order chi connectivity index (χ0) is 17.3. The number of carbonyl (C=O) groups is 1. The quantitative estimate of drug-likeness (QED) is 0.742. The van der Waals surface area contributed by atoms with Gasteiger partial charge in [-0.25, -0.2) is 4.98 Å². The second-order valence-electron chi connectivity index (χ2n) is 5.67. The molecule has 0 bridgehead atoms. The number of pyridine rings is 1. The van der Waals surface area contributed by atoms with Crippen molar-refractivity contribution in [3.05, 3.63) is 52.8 Å². The number of fused-ring (bicyclic) bond motifs is 1. The van der Waals surface area contributed by atoms with Crippen molar-refractivity contribution in [3.8, 4) is 0 Å². The van der Waals surface area contributed by atoms with Gasteiger partial charge in [0.2, 0.25) is 0 Å². The van der Waals surface area contributed by atoms with Gasteiger partial charge in [0.05, 0.1) is 39.7 Å². The van der Waals surface area contributed by atoms with Gasteiger partial charge in [0, 0.05) is 6.20 Å². The van der Waals surface area contributed by atoms with Crippen LogP contribution in [-0.2, 0) is 27.8 Å². The van der Waals surface area contributed by atoms with Gasteiger partial charge in [-0.15, -0.1) is 0 Å². The number of nitrogens with one attached hydrogen (secondary N) is 1. The molecule has 0 aliphatic rings. The van der Waals surface area contributed by atoms with E-state index in [9.17, 15) is 9.00 Å². The van der Waals surface area contributed by atoms with Gasteiger partial charge in [-0.3, -0.25) is 14.0 Å². The van der Waals surface area contributed by atoms with E-state index in [0.29, 0.717) is 16.2 Å². The lowest BCUT2D eigenvalue weighted by Crippen LogP contribution is -2.02. The van der Waals surface area contributed by atoms with E-state index in [1.165, 1.54) is 0 Å². The molecule has 2 aromatic heterocycles. The van der Waals surface area contributed by atoms with Crippen molar-refractivity contribution >= 4 is 27.8 Å². The number of nitrogens with zero attached hydrogens (tertiary/aromatic N) is 2. The van der Waals surface area contributed by atoms with Crippen LogP contribution in [0.5, 0.6) is 0 Å². The Morgan fingerprint density at radius 3 is 2.79 bits per heavy atom. The van der Waals surface area contributed by atoms with Crippen LogP contribution in [0.2, 0.25) is 0 Å². The first-order valence-corrected chi connectivity index (χ1v) is 8.76. The van der Waals surface area contributed by atoms with Crippen LogP contribution in [0.15, 0.2) is 35.6 Å².